The molecule has 0 spiro atoms. The smallest absolute Gasteiger partial charge is 0.192 e. The van der Waals surface area contributed by atoms with Gasteiger partial charge in [0, 0.05) is 6.42 Å². The van der Waals surface area contributed by atoms with Crippen molar-refractivity contribution in [1.29, 1.82) is 0 Å². The number of rotatable bonds is 17. The van der Waals surface area contributed by atoms with Gasteiger partial charge in [0.2, 0.25) is 0 Å². The molecule has 0 aliphatic heterocycles. The number of aldehydes is 1. The number of benzene rings is 1. The zero-order valence-corrected chi connectivity index (χ0v) is 28.6. The van der Waals surface area contributed by atoms with Crippen LogP contribution in [0.2, 0.25) is 36.3 Å². The molecule has 0 fully saturated rings. The van der Waals surface area contributed by atoms with Crippen LogP contribution >= 0.6 is 0 Å². The molecule has 0 N–H and O–H groups in total. The molecule has 38 heavy (non-hydrogen) atoms. The molecule has 0 aromatic heterocycles. The maximum atomic E-state index is 11.6. The minimum Gasteiger partial charge on any atom is -0.497 e. The first-order valence-corrected chi connectivity index (χ1v) is 20.3. The number of hydrogen-bond donors (Lipinski definition) is 0. The number of carbonyl (C=O) groups excluding carboxylic acids is 1. The van der Waals surface area contributed by atoms with Crippen molar-refractivity contribution in [3.63, 3.8) is 0 Å². The largest absolute Gasteiger partial charge is 0.497 e. The lowest BCUT2D eigenvalue weighted by atomic mass is 10.0. The van der Waals surface area contributed by atoms with Crippen LogP contribution in [0.4, 0.5) is 0 Å². The van der Waals surface area contributed by atoms with E-state index in [2.05, 4.69) is 86.8 Å². The van der Waals surface area contributed by atoms with Crippen LogP contribution in [0.25, 0.3) is 0 Å². The van der Waals surface area contributed by atoms with Crippen molar-refractivity contribution in [2.75, 3.05) is 7.11 Å². The maximum Gasteiger partial charge on any atom is 0.192 e. The summed E-state index contributed by atoms with van der Waals surface area (Å²) in [5.41, 5.74) is 1.12. The highest BCUT2D eigenvalue weighted by atomic mass is 28.4. The zero-order chi connectivity index (χ0) is 29.2. The van der Waals surface area contributed by atoms with Gasteiger partial charge in [0.05, 0.1) is 32.0 Å². The summed E-state index contributed by atoms with van der Waals surface area (Å²) >= 11 is 0. The van der Waals surface area contributed by atoms with Crippen LogP contribution in [-0.4, -0.2) is 48.3 Å². The van der Waals surface area contributed by atoms with Gasteiger partial charge in [-0.15, -0.1) is 0 Å². The first-order chi connectivity index (χ1) is 17.5. The molecule has 5 nitrogen and oxygen atoms in total. The van der Waals surface area contributed by atoms with E-state index in [-0.39, 0.29) is 28.4 Å². The molecule has 0 unspecified atom stereocenters. The molecule has 1 aromatic rings. The monoisotopic (exact) mass is 566 g/mol. The van der Waals surface area contributed by atoms with Crippen LogP contribution in [0, 0.1) is 0 Å². The van der Waals surface area contributed by atoms with Crippen LogP contribution in [-0.2, 0) is 25.0 Å². The zero-order valence-electron chi connectivity index (χ0n) is 26.6. The van der Waals surface area contributed by atoms with Gasteiger partial charge in [0.1, 0.15) is 12.0 Å². The van der Waals surface area contributed by atoms with E-state index in [4.69, 9.17) is 18.3 Å². The fourth-order valence-corrected chi connectivity index (χ4v) is 6.64. The molecule has 0 radical (unpaired) electrons. The van der Waals surface area contributed by atoms with Crippen LogP contribution in [0.5, 0.6) is 5.75 Å². The van der Waals surface area contributed by atoms with E-state index in [1.165, 1.54) is 0 Å². The Morgan fingerprint density at radius 2 is 1.37 bits per heavy atom. The molecule has 0 saturated carbocycles. The minimum atomic E-state index is -2.06. The summed E-state index contributed by atoms with van der Waals surface area (Å²) in [7, 11) is -2.38. The maximum absolute atomic E-state index is 11.6. The number of methoxy groups -OCH3 is 1. The summed E-state index contributed by atoms with van der Waals surface area (Å²) in [5.74, 6) is 0.846. The summed E-state index contributed by atoms with van der Waals surface area (Å²) in [5, 5.41) is 0.187. The summed E-state index contributed by atoms with van der Waals surface area (Å²) < 4.78 is 25.7. The van der Waals surface area contributed by atoms with Crippen molar-refractivity contribution in [2.24, 2.45) is 0 Å². The lowest BCUT2D eigenvalue weighted by Crippen LogP contribution is -2.48. The second kappa shape index (κ2) is 15.1. The first kappa shape index (κ1) is 35.0. The second-order valence-electron chi connectivity index (χ2n) is 13.7. The predicted octanol–water partition coefficient (Wildman–Crippen LogP) is 8.92. The summed E-state index contributed by atoms with van der Waals surface area (Å²) in [6, 6.07) is 8.08. The van der Waals surface area contributed by atoms with E-state index in [0.29, 0.717) is 13.0 Å². The van der Waals surface area contributed by atoms with Gasteiger partial charge in [-0.1, -0.05) is 73.4 Å². The third-order valence-corrected chi connectivity index (χ3v) is 17.6. The van der Waals surface area contributed by atoms with E-state index >= 15 is 0 Å². The number of hydrogen-bond acceptors (Lipinski definition) is 5. The SMILES string of the molecule is CCCC[C@@H](OCc1ccc(OC)cc1)[C@@H](CC[C@@H](CC=O)O[Si](C)(C)C(C)(C)C)O[Si](C)(C)C(C)(C)C. The number of carbonyl (C=O) groups is 1. The second-order valence-corrected chi connectivity index (χ2v) is 23.2. The Bertz CT molecular complexity index is 809. The average molecular weight is 567 g/mol. The Kier molecular flexibility index (Phi) is 13.9. The van der Waals surface area contributed by atoms with E-state index in [0.717, 1.165) is 49.7 Å². The van der Waals surface area contributed by atoms with E-state index in [9.17, 15) is 4.79 Å². The van der Waals surface area contributed by atoms with Crippen molar-refractivity contribution in [3.8, 4) is 5.75 Å². The molecule has 0 bridgehead atoms. The molecule has 0 saturated heterocycles. The Morgan fingerprint density at radius 3 is 1.84 bits per heavy atom. The Balaban J connectivity index is 3.19. The highest BCUT2D eigenvalue weighted by Gasteiger charge is 2.42. The van der Waals surface area contributed by atoms with Gasteiger partial charge in [0.15, 0.2) is 16.6 Å². The highest BCUT2D eigenvalue weighted by Crippen LogP contribution is 2.40. The lowest BCUT2D eigenvalue weighted by Gasteiger charge is -2.42. The molecule has 1 aromatic carbocycles. The van der Waals surface area contributed by atoms with Gasteiger partial charge in [0.25, 0.3) is 0 Å². The lowest BCUT2D eigenvalue weighted by molar-refractivity contribution is -0.109. The molecular weight excluding hydrogens is 509 g/mol. The normalized spacial score (nSPS) is 15.7. The molecule has 7 heteroatoms. The number of ether oxygens (including phenoxy) is 2. The molecule has 220 valence electrons. The standard InChI is InChI=1S/C31H58O5Si2/c1-13-14-15-28(34-24-25-16-18-26(33-8)19-17-25)29(36-38(11,12)31(5,6)7)21-20-27(22-23-32)35-37(9,10)30(2,3)4/h16-19,23,27-29H,13-15,20-22,24H2,1-12H3/t27-,28+,29+/m0/s1. The molecule has 1 rings (SSSR count). The quantitative estimate of drug-likeness (QED) is 0.139. The fraction of sp³-hybridized carbons (Fsp3) is 0.774. The van der Waals surface area contributed by atoms with Gasteiger partial charge in [-0.05, 0) is 73.2 Å². The third kappa shape index (κ3) is 11.2. The summed E-state index contributed by atoms with van der Waals surface area (Å²) in [6.45, 7) is 25.5. The molecule has 0 heterocycles. The fourth-order valence-electron chi connectivity index (χ4n) is 3.86. The van der Waals surface area contributed by atoms with Crippen molar-refractivity contribution in [3.05, 3.63) is 29.8 Å². The Labute approximate surface area is 236 Å². The van der Waals surface area contributed by atoms with E-state index in [1.807, 2.05) is 12.1 Å². The topological polar surface area (TPSA) is 54.0 Å². The third-order valence-electron chi connectivity index (χ3n) is 8.53. The van der Waals surface area contributed by atoms with Crippen molar-refractivity contribution in [2.45, 2.75) is 148 Å². The van der Waals surface area contributed by atoms with Gasteiger partial charge in [-0.3, -0.25) is 0 Å². The van der Waals surface area contributed by atoms with E-state index in [1.54, 1.807) is 7.11 Å². The molecule has 0 amide bonds. The van der Waals surface area contributed by atoms with Crippen LogP contribution < -0.4 is 4.74 Å². The Hall–Kier alpha value is -0.996. The predicted molar refractivity (Wildman–Crippen MR) is 165 cm³/mol. The number of unbranched alkanes of at least 4 members (excludes halogenated alkanes) is 1. The molecule has 0 aliphatic carbocycles. The minimum absolute atomic E-state index is 0.0177. The van der Waals surface area contributed by atoms with E-state index < -0.39 is 16.6 Å². The average Bonchev–Trinajstić information content (AvgIpc) is 2.80. The van der Waals surface area contributed by atoms with Gasteiger partial charge in [-0.25, -0.2) is 0 Å². The van der Waals surface area contributed by atoms with Crippen molar-refractivity contribution >= 4 is 22.9 Å². The molecular formula is C31H58O5Si2. The van der Waals surface area contributed by atoms with Crippen LogP contribution in [0.1, 0.15) is 92.6 Å². The summed E-state index contributed by atoms with van der Waals surface area (Å²) in [4.78, 5) is 11.6. The van der Waals surface area contributed by atoms with Gasteiger partial charge in [-0.2, -0.15) is 0 Å². The van der Waals surface area contributed by atoms with Crippen LogP contribution in [0.15, 0.2) is 24.3 Å². The highest BCUT2D eigenvalue weighted by molar-refractivity contribution is 6.74. The molecule has 0 aliphatic rings. The van der Waals surface area contributed by atoms with Gasteiger partial charge < -0.3 is 23.1 Å². The molecule has 3 atom stereocenters. The van der Waals surface area contributed by atoms with Crippen molar-refractivity contribution in [1.82, 2.24) is 0 Å². The first-order valence-electron chi connectivity index (χ1n) is 14.5. The summed E-state index contributed by atoms with van der Waals surface area (Å²) in [6.07, 6.45) is 6.03. The van der Waals surface area contributed by atoms with Crippen LogP contribution in [0.3, 0.4) is 0 Å². The Morgan fingerprint density at radius 1 is 0.816 bits per heavy atom. The van der Waals surface area contributed by atoms with Gasteiger partial charge >= 0.3 is 0 Å². The van der Waals surface area contributed by atoms with Crippen molar-refractivity contribution < 1.29 is 23.1 Å².